The second-order valence-electron chi connectivity index (χ2n) is 7.80. The van der Waals surface area contributed by atoms with E-state index in [1.165, 1.54) is 12.8 Å². The first kappa shape index (κ1) is 21.0. The number of urea groups is 1. The number of aryl methyl sites for hydroxylation is 1. The normalized spacial score (nSPS) is 16.4. The maximum Gasteiger partial charge on any atom is 0.321 e. The van der Waals surface area contributed by atoms with Gasteiger partial charge in [0.25, 0.3) is 0 Å². The maximum atomic E-state index is 12.7. The van der Waals surface area contributed by atoms with Gasteiger partial charge in [0.15, 0.2) is 11.5 Å². The van der Waals surface area contributed by atoms with Crippen LogP contribution in [0.25, 0.3) is 0 Å². The van der Waals surface area contributed by atoms with E-state index in [2.05, 4.69) is 31.2 Å². The molecule has 0 atom stereocenters. The van der Waals surface area contributed by atoms with Gasteiger partial charge in [-0.15, -0.1) is 0 Å². The maximum absolute atomic E-state index is 12.7. The molecule has 2 aromatic rings. The van der Waals surface area contributed by atoms with E-state index in [1.807, 2.05) is 11.8 Å². The Morgan fingerprint density at radius 1 is 0.871 bits per heavy atom. The summed E-state index contributed by atoms with van der Waals surface area (Å²) in [5, 5.41) is 2.95. The molecule has 1 aromatic heterocycles. The zero-order valence-electron chi connectivity index (χ0n) is 18.4. The minimum Gasteiger partial charge on any atom is -0.493 e. The van der Waals surface area contributed by atoms with Crippen molar-refractivity contribution in [3.63, 3.8) is 0 Å². The Hall–Kier alpha value is -3.23. The number of benzene rings is 1. The first-order valence-corrected chi connectivity index (χ1v) is 10.7. The highest BCUT2D eigenvalue weighted by Crippen LogP contribution is 2.30. The van der Waals surface area contributed by atoms with Gasteiger partial charge in [-0.25, -0.2) is 14.8 Å². The van der Waals surface area contributed by atoms with Gasteiger partial charge < -0.3 is 29.5 Å². The Kier molecular flexibility index (Phi) is 6.29. The van der Waals surface area contributed by atoms with Gasteiger partial charge in [0.05, 0.1) is 14.2 Å². The fourth-order valence-corrected chi connectivity index (χ4v) is 4.06. The number of anilines is 3. The topological polar surface area (TPSA) is 83.1 Å². The summed E-state index contributed by atoms with van der Waals surface area (Å²) in [5.41, 5.74) is 0.673. The van der Waals surface area contributed by atoms with Gasteiger partial charge in [0.2, 0.25) is 0 Å². The third kappa shape index (κ3) is 4.76. The minimum absolute atomic E-state index is 0.122. The van der Waals surface area contributed by atoms with Crippen LogP contribution in [-0.2, 0) is 0 Å². The predicted molar refractivity (Wildman–Crippen MR) is 121 cm³/mol. The number of hydrogen-bond acceptors (Lipinski definition) is 7. The van der Waals surface area contributed by atoms with Crippen molar-refractivity contribution in [3.8, 4) is 11.5 Å². The number of piperazine rings is 1. The smallest absolute Gasteiger partial charge is 0.321 e. The molecule has 1 aromatic carbocycles. The van der Waals surface area contributed by atoms with Crippen molar-refractivity contribution in [2.45, 2.75) is 19.8 Å². The number of carbonyl (C=O) groups is 1. The number of carbonyl (C=O) groups excluding carboxylic acids is 1. The molecule has 9 heteroatoms. The highest BCUT2D eigenvalue weighted by Gasteiger charge is 2.24. The second-order valence-corrected chi connectivity index (χ2v) is 7.80. The number of nitrogens with one attached hydrogen (secondary N) is 1. The van der Waals surface area contributed by atoms with Crippen molar-refractivity contribution in [2.24, 2.45) is 0 Å². The molecular formula is C22H30N6O3. The molecule has 0 aliphatic carbocycles. The van der Waals surface area contributed by atoms with E-state index < -0.39 is 0 Å². The SMILES string of the molecule is COc1ccc(NC(=O)N2CCN(c3cc(N4CCCC4)nc(C)n3)CC2)cc1OC. The Balaban J connectivity index is 1.37. The first-order valence-electron chi connectivity index (χ1n) is 10.7. The summed E-state index contributed by atoms with van der Waals surface area (Å²) in [6, 6.07) is 7.30. The number of methoxy groups -OCH3 is 2. The van der Waals surface area contributed by atoms with Gasteiger partial charge in [0.1, 0.15) is 17.5 Å². The Morgan fingerprint density at radius 2 is 1.48 bits per heavy atom. The molecule has 0 radical (unpaired) electrons. The minimum atomic E-state index is -0.122. The van der Waals surface area contributed by atoms with E-state index in [0.29, 0.717) is 30.3 Å². The monoisotopic (exact) mass is 426 g/mol. The van der Waals surface area contributed by atoms with Crippen molar-refractivity contribution < 1.29 is 14.3 Å². The second kappa shape index (κ2) is 9.28. The number of aromatic nitrogens is 2. The lowest BCUT2D eigenvalue weighted by molar-refractivity contribution is 0.208. The molecule has 9 nitrogen and oxygen atoms in total. The third-order valence-corrected chi connectivity index (χ3v) is 5.77. The van der Waals surface area contributed by atoms with Gasteiger partial charge in [-0.3, -0.25) is 0 Å². The molecule has 4 rings (SSSR count). The summed E-state index contributed by atoms with van der Waals surface area (Å²) >= 11 is 0. The number of ether oxygens (including phenoxy) is 2. The lowest BCUT2D eigenvalue weighted by Crippen LogP contribution is -2.50. The summed E-state index contributed by atoms with van der Waals surface area (Å²) in [4.78, 5) is 28.4. The number of nitrogens with zero attached hydrogens (tertiary/aromatic N) is 5. The summed E-state index contributed by atoms with van der Waals surface area (Å²) in [6.07, 6.45) is 2.43. The molecule has 2 aliphatic rings. The molecule has 2 saturated heterocycles. The van der Waals surface area contributed by atoms with E-state index in [9.17, 15) is 4.79 Å². The van der Waals surface area contributed by atoms with Crippen LogP contribution in [0.5, 0.6) is 11.5 Å². The fraction of sp³-hybridized carbons (Fsp3) is 0.500. The molecule has 0 saturated carbocycles. The van der Waals surface area contributed by atoms with Gasteiger partial charge in [-0.05, 0) is 31.9 Å². The molecule has 0 spiro atoms. The summed E-state index contributed by atoms with van der Waals surface area (Å²) in [7, 11) is 3.16. The molecule has 1 N–H and O–H groups in total. The highest BCUT2D eigenvalue weighted by molar-refractivity contribution is 5.90. The van der Waals surface area contributed by atoms with Crippen LogP contribution >= 0.6 is 0 Å². The van der Waals surface area contributed by atoms with Gasteiger partial charge >= 0.3 is 6.03 Å². The molecule has 2 aliphatic heterocycles. The number of rotatable bonds is 5. The summed E-state index contributed by atoms with van der Waals surface area (Å²) in [6.45, 7) is 6.77. The molecule has 3 heterocycles. The van der Waals surface area contributed by atoms with Crippen molar-refractivity contribution in [3.05, 3.63) is 30.1 Å². The number of hydrogen-bond donors (Lipinski definition) is 1. The van der Waals surface area contributed by atoms with Crippen LogP contribution in [0.3, 0.4) is 0 Å². The van der Waals surface area contributed by atoms with Crippen molar-refractivity contribution in [2.75, 3.05) is 68.6 Å². The largest absolute Gasteiger partial charge is 0.493 e. The van der Waals surface area contributed by atoms with E-state index in [-0.39, 0.29) is 6.03 Å². The molecule has 0 unspecified atom stereocenters. The molecule has 0 bridgehead atoms. The Morgan fingerprint density at radius 3 is 2.10 bits per heavy atom. The van der Waals surface area contributed by atoms with Crippen molar-refractivity contribution in [1.82, 2.24) is 14.9 Å². The highest BCUT2D eigenvalue weighted by atomic mass is 16.5. The van der Waals surface area contributed by atoms with Crippen LogP contribution in [0.2, 0.25) is 0 Å². The van der Waals surface area contributed by atoms with Crippen LogP contribution in [-0.4, -0.2) is 74.4 Å². The van der Waals surface area contributed by atoms with E-state index in [4.69, 9.17) is 9.47 Å². The van der Waals surface area contributed by atoms with E-state index in [1.54, 1.807) is 32.4 Å². The fourth-order valence-electron chi connectivity index (χ4n) is 4.06. The van der Waals surface area contributed by atoms with Gasteiger partial charge in [-0.1, -0.05) is 0 Å². The summed E-state index contributed by atoms with van der Waals surface area (Å²) < 4.78 is 10.6. The van der Waals surface area contributed by atoms with E-state index in [0.717, 1.165) is 43.6 Å². The molecule has 2 fully saturated rings. The molecular weight excluding hydrogens is 396 g/mol. The Bertz CT molecular complexity index is 923. The molecule has 166 valence electrons. The van der Waals surface area contributed by atoms with Crippen LogP contribution in [0.1, 0.15) is 18.7 Å². The summed E-state index contributed by atoms with van der Waals surface area (Å²) in [5.74, 6) is 3.94. The quantitative estimate of drug-likeness (QED) is 0.787. The van der Waals surface area contributed by atoms with Gasteiger partial charge in [0, 0.05) is 57.1 Å². The average Bonchev–Trinajstić information content (AvgIpc) is 3.34. The zero-order valence-corrected chi connectivity index (χ0v) is 18.4. The van der Waals surface area contributed by atoms with Crippen LogP contribution in [0.15, 0.2) is 24.3 Å². The lowest BCUT2D eigenvalue weighted by Gasteiger charge is -2.35. The van der Waals surface area contributed by atoms with Crippen LogP contribution < -0.4 is 24.6 Å². The van der Waals surface area contributed by atoms with Crippen LogP contribution in [0.4, 0.5) is 22.1 Å². The average molecular weight is 427 g/mol. The third-order valence-electron chi connectivity index (χ3n) is 5.77. The van der Waals surface area contributed by atoms with Crippen molar-refractivity contribution >= 4 is 23.4 Å². The zero-order chi connectivity index (χ0) is 21.8. The first-order chi connectivity index (χ1) is 15.1. The van der Waals surface area contributed by atoms with E-state index >= 15 is 0 Å². The van der Waals surface area contributed by atoms with Gasteiger partial charge in [-0.2, -0.15) is 0 Å². The van der Waals surface area contributed by atoms with Crippen molar-refractivity contribution in [1.29, 1.82) is 0 Å². The lowest BCUT2D eigenvalue weighted by atomic mass is 10.2. The molecule has 31 heavy (non-hydrogen) atoms. The Labute approximate surface area is 183 Å². The number of amides is 2. The molecule has 2 amide bonds. The standard InChI is InChI=1S/C22H30N6O3/c1-16-23-20(26-8-4-5-9-26)15-21(24-16)27-10-12-28(13-11-27)22(29)25-17-6-7-18(30-2)19(14-17)31-3/h6-7,14-15H,4-5,8-13H2,1-3H3,(H,25,29). The predicted octanol–water partition coefficient (Wildman–Crippen LogP) is 2.76. The van der Waals surface area contributed by atoms with Crippen LogP contribution in [0, 0.1) is 6.92 Å².